The number of phosphoric ester groups is 2. The Morgan fingerprint density at radius 3 is 0.881 bits per heavy atom. The fraction of sp³-hybridized carbons (Fsp3) is 0.902. The monoisotopic (exact) mass is 1480 g/mol. The number of unbranched alkanes of at least 4 members (excludes halogenated alkanes) is 41. The van der Waals surface area contributed by atoms with Crippen LogP contribution in [0.5, 0.6) is 0 Å². The molecule has 19 heteroatoms. The standard InChI is InChI=1S/C82H156O17P2/c1-8-11-12-13-14-15-16-17-22-27-32-37-42-51-58-65-81(86)99-78(70-93-80(85)64-57-50-45-44-48-55-62-75(7)10-3)72-97-101(90,91)95-68-76(83)67-94-100(88,89)96-71-77(98-82(87)66-59-52-43-38-33-28-29-34-39-46-53-60-73(4)5)69-92-79(84)63-56-49-41-36-31-26-24-21-19-18-20-23-25-30-35-40-47-54-61-74(6)9-2/h15-17,22,73-78,83H,8-14,18-21,23-72H2,1-7H3,(H,88,89)(H,90,91)/b16-15-,22-17-/t74?,75?,76-,77-,78-/m1/s1. The van der Waals surface area contributed by atoms with Crippen molar-refractivity contribution in [3.8, 4) is 0 Å². The number of hydrogen-bond acceptors (Lipinski definition) is 15. The van der Waals surface area contributed by atoms with E-state index in [1.165, 1.54) is 193 Å². The minimum Gasteiger partial charge on any atom is -0.462 e. The lowest BCUT2D eigenvalue weighted by Gasteiger charge is -2.21. The SMILES string of the molecule is CCCCCC/C=C\C=C/CCCCCCCC(=O)O[C@H](COC(=O)CCCCCCCCC(C)CC)COP(=O)(O)OC[C@H](O)COP(=O)(O)OC[C@@H](COC(=O)CCCCCCCCCCCCCCCCCCCCC(C)CC)OC(=O)CCCCCCCCCCCCCC(C)C. The van der Waals surface area contributed by atoms with Crippen LogP contribution in [0.15, 0.2) is 24.3 Å². The van der Waals surface area contributed by atoms with Crippen molar-refractivity contribution in [3.05, 3.63) is 24.3 Å². The second-order valence-corrected chi connectivity index (χ2v) is 32.7. The van der Waals surface area contributed by atoms with E-state index < -0.39 is 97.5 Å². The van der Waals surface area contributed by atoms with Crippen molar-refractivity contribution in [2.24, 2.45) is 17.8 Å². The van der Waals surface area contributed by atoms with Crippen LogP contribution < -0.4 is 0 Å². The lowest BCUT2D eigenvalue weighted by molar-refractivity contribution is -0.161. The molecule has 0 aliphatic heterocycles. The highest BCUT2D eigenvalue weighted by Crippen LogP contribution is 2.45. The molecule has 0 aromatic carbocycles. The molecule has 3 N–H and O–H groups in total. The lowest BCUT2D eigenvalue weighted by atomic mass is 9.99. The normalized spacial score (nSPS) is 14.6. The van der Waals surface area contributed by atoms with Crippen LogP contribution in [0.4, 0.5) is 0 Å². The molecule has 0 aliphatic rings. The van der Waals surface area contributed by atoms with Crippen molar-refractivity contribution in [1.29, 1.82) is 0 Å². The second-order valence-electron chi connectivity index (χ2n) is 29.8. The van der Waals surface area contributed by atoms with Gasteiger partial charge in [0.05, 0.1) is 26.4 Å². The van der Waals surface area contributed by atoms with Gasteiger partial charge in [-0.3, -0.25) is 37.3 Å². The number of esters is 4. The number of rotatable bonds is 78. The number of carbonyl (C=O) groups excluding carboxylic acids is 4. The highest BCUT2D eigenvalue weighted by molar-refractivity contribution is 7.47. The Morgan fingerprint density at radius 2 is 0.584 bits per heavy atom. The number of hydrogen-bond donors (Lipinski definition) is 3. The Kier molecular flexibility index (Phi) is 70.0. The van der Waals surface area contributed by atoms with Gasteiger partial charge in [0.2, 0.25) is 0 Å². The van der Waals surface area contributed by atoms with Gasteiger partial charge < -0.3 is 33.8 Å². The number of aliphatic hydroxyl groups excluding tert-OH is 1. The van der Waals surface area contributed by atoms with Crippen LogP contribution in [0, 0.1) is 17.8 Å². The first kappa shape index (κ1) is 98.5. The molecule has 7 atom stereocenters. The molecule has 0 fully saturated rings. The molecule has 0 saturated heterocycles. The fourth-order valence-corrected chi connectivity index (χ4v) is 13.6. The molecule has 0 aliphatic carbocycles. The van der Waals surface area contributed by atoms with Gasteiger partial charge in [0.25, 0.3) is 0 Å². The highest BCUT2D eigenvalue weighted by Gasteiger charge is 2.30. The maximum Gasteiger partial charge on any atom is 0.472 e. The van der Waals surface area contributed by atoms with Gasteiger partial charge in [0.1, 0.15) is 19.3 Å². The van der Waals surface area contributed by atoms with Gasteiger partial charge in [0.15, 0.2) is 12.2 Å². The number of allylic oxidation sites excluding steroid dienone is 4. The summed E-state index contributed by atoms with van der Waals surface area (Å²) in [5.41, 5.74) is 0. The third-order valence-electron chi connectivity index (χ3n) is 19.2. The van der Waals surface area contributed by atoms with Gasteiger partial charge in [-0.2, -0.15) is 0 Å². The molecule has 0 saturated carbocycles. The topological polar surface area (TPSA) is 237 Å². The van der Waals surface area contributed by atoms with Gasteiger partial charge in [-0.05, 0) is 69.1 Å². The van der Waals surface area contributed by atoms with Crippen LogP contribution in [-0.4, -0.2) is 96.7 Å². The lowest BCUT2D eigenvalue weighted by Crippen LogP contribution is -2.30. The molecule has 0 radical (unpaired) electrons. The first-order chi connectivity index (χ1) is 48.8. The Morgan fingerprint density at radius 1 is 0.327 bits per heavy atom. The fourth-order valence-electron chi connectivity index (χ4n) is 12.1. The summed E-state index contributed by atoms with van der Waals surface area (Å²) in [6.45, 7) is 11.9. The van der Waals surface area contributed by atoms with Crippen molar-refractivity contribution in [2.45, 2.75) is 420 Å². The van der Waals surface area contributed by atoms with Crippen LogP contribution in [0.25, 0.3) is 0 Å². The van der Waals surface area contributed by atoms with E-state index >= 15 is 0 Å². The average Bonchev–Trinajstić information content (AvgIpc) is 0.916. The van der Waals surface area contributed by atoms with Crippen LogP contribution >= 0.6 is 15.6 Å². The molecule has 0 aromatic rings. The summed E-state index contributed by atoms with van der Waals surface area (Å²) in [6.07, 6.45) is 63.3. The quantitative estimate of drug-likeness (QED) is 0.0169. The van der Waals surface area contributed by atoms with Crippen molar-refractivity contribution in [2.75, 3.05) is 39.6 Å². The largest absolute Gasteiger partial charge is 0.472 e. The number of aliphatic hydroxyl groups is 1. The van der Waals surface area contributed by atoms with Gasteiger partial charge in [-0.15, -0.1) is 0 Å². The smallest absolute Gasteiger partial charge is 0.462 e. The third kappa shape index (κ3) is 72.9. The minimum atomic E-state index is -4.97. The predicted octanol–water partition coefficient (Wildman–Crippen LogP) is 24.1. The van der Waals surface area contributed by atoms with E-state index in [1.807, 2.05) is 0 Å². The number of carbonyl (C=O) groups is 4. The first-order valence-electron chi connectivity index (χ1n) is 41.7. The molecule has 0 aromatic heterocycles. The molecule has 0 bridgehead atoms. The Bertz CT molecular complexity index is 2060. The van der Waals surface area contributed by atoms with E-state index in [9.17, 15) is 43.2 Å². The van der Waals surface area contributed by atoms with Gasteiger partial charge in [-0.25, -0.2) is 9.13 Å². The number of ether oxygens (including phenoxy) is 4. The molecule has 0 amide bonds. The van der Waals surface area contributed by atoms with E-state index in [0.717, 1.165) is 127 Å². The maximum atomic E-state index is 13.1. The first-order valence-corrected chi connectivity index (χ1v) is 44.7. The van der Waals surface area contributed by atoms with Crippen molar-refractivity contribution < 1.29 is 80.2 Å². The minimum absolute atomic E-state index is 0.0840. The van der Waals surface area contributed by atoms with Crippen LogP contribution in [0.1, 0.15) is 402 Å². The zero-order valence-corrected chi connectivity index (χ0v) is 67.6. The van der Waals surface area contributed by atoms with Gasteiger partial charge in [0, 0.05) is 25.7 Å². The molecular formula is C82H156O17P2. The summed E-state index contributed by atoms with van der Waals surface area (Å²) < 4.78 is 68.6. The summed E-state index contributed by atoms with van der Waals surface area (Å²) in [7, 11) is -9.93. The van der Waals surface area contributed by atoms with Crippen LogP contribution in [0.3, 0.4) is 0 Å². The number of phosphoric acid groups is 2. The van der Waals surface area contributed by atoms with E-state index in [4.69, 9.17) is 37.0 Å². The van der Waals surface area contributed by atoms with E-state index in [-0.39, 0.29) is 25.7 Å². The summed E-state index contributed by atoms with van der Waals surface area (Å²) in [5, 5.41) is 10.6. The van der Waals surface area contributed by atoms with Crippen molar-refractivity contribution >= 4 is 39.5 Å². The summed E-state index contributed by atoms with van der Waals surface area (Å²) >= 11 is 0. The highest BCUT2D eigenvalue weighted by atomic mass is 31.2. The van der Waals surface area contributed by atoms with E-state index in [0.29, 0.717) is 25.7 Å². The zero-order chi connectivity index (χ0) is 74.4. The average molecular weight is 1480 g/mol. The Labute approximate surface area is 618 Å². The van der Waals surface area contributed by atoms with E-state index in [2.05, 4.69) is 72.8 Å². The summed E-state index contributed by atoms with van der Waals surface area (Å²) in [6, 6.07) is 0. The van der Waals surface area contributed by atoms with Crippen molar-refractivity contribution in [3.63, 3.8) is 0 Å². The summed E-state index contributed by atoms with van der Waals surface area (Å²) in [4.78, 5) is 73.0. The maximum absolute atomic E-state index is 13.1. The van der Waals surface area contributed by atoms with E-state index in [1.54, 1.807) is 0 Å². The summed E-state index contributed by atoms with van der Waals surface area (Å²) in [5.74, 6) is 0.221. The predicted molar refractivity (Wildman–Crippen MR) is 414 cm³/mol. The van der Waals surface area contributed by atoms with Gasteiger partial charge in [-0.1, -0.05) is 349 Å². The molecule has 596 valence electrons. The molecule has 17 nitrogen and oxygen atoms in total. The molecule has 0 heterocycles. The molecule has 101 heavy (non-hydrogen) atoms. The Balaban J connectivity index is 5.23. The molecular weight excluding hydrogens is 1320 g/mol. The molecule has 4 unspecified atom stereocenters. The van der Waals surface area contributed by atoms with Crippen LogP contribution in [0.2, 0.25) is 0 Å². The molecule has 0 spiro atoms. The third-order valence-corrected chi connectivity index (χ3v) is 21.1. The zero-order valence-electron chi connectivity index (χ0n) is 65.9. The molecule has 0 rings (SSSR count). The van der Waals surface area contributed by atoms with Crippen molar-refractivity contribution in [1.82, 2.24) is 0 Å². The van der Waals surface area contributed by atoms with Gasteiger partial charge >= 0.3 is 39.5 Å². The second kappa shape index (κ2) is 71.8. The Hall–Kier alpha value is -2.46. The van der Waals surface area contributed by atoms with Crippen LogP contribution in [-0.2, 0) is 65.4 Å².